The Morgan fingerprint density at radius 3 is 2.52 bits per heavy atom. The molecule has 0 saturated carbocycles. The average Bonchev–Trinajstić information content (AvgIpc) is 3.08. The van der Waals surface area contributed by atoms with Gasteiger partial charge in [-0.2, -0.15) is 4.31 Å². The van der Waals surface area contributed by atoms with Gasteiger partial charge in [-0.3, -0.25) is 0 Å². The molecule has 2 aliphatic rings. The van der Waals surface area contributed by atoms with Crippen LogP contribution < -0.4 is 0 Å². The van der Waals surface area contributed by atoms with Gasteiger partial charge in [0.2, 0.25) is 10.0 Å². The molecule has 1 aromatic rings. The van der Waals surface area contributed by atoms with E-state index in [4.69, 9.17) is 9.47 Å². The lowest BCUT2D eigenvalue weighted by Crippen LogP contribution is -2.30. The molecule has 1 N–H and O–H groups in total. The average molecular weight is 341 g/mol. The van der Waals surface area contributed by atoms with Crippen molar-refractivity contribution in [2.45, 2.75) is 11.5 Å². The van der Waals surface area contributed by atoms with Crippen molar-refractivity contribution in [3.8, 4) is 0 Å². The molecule has 23 heavy (non-hydrogen) atoms. The second-order valence-corrected chi connectivity index (χ2v) is 7.92. The van der Waals surface area contributed by atoms with Gasteiger partial charge in [0.05, 0.1) is 30.3 Å². The van der Waals surface area contributed by atoms with Crippen LogP contribution in [0.15, 0.2) is 23.1 Å². The molecule has 1 aromatic carbocycles. The molecule has 2 atom stereocenters. The van der Waals surface area contributed by atoms with Crippen molar-refractivity contribution in [1.29, 1.82) is 0 Å². The zero-order valence-electron chi connectivity index (χ0n) is 12.8. The number of nitrogens with zero attached hydrogens (tertiary/aromatic N) is 1. The van der Waals surface area contributed by atoms with E-state index >= 15 is 0 Å². The first-order valence-corrected chi connectivity index (χ1v) is 8.80. The minimum absolute atomic E-state index is 0.00495. The summed E-state index contributed by atoms with van der Waals surface area (Å²) in [6, 6.07) is 4.12. The molecule has 0 amide bonds. The van der Waals surface area contributed by atoms with Crippen molar-refractivity contribution in [1.82, 2.24) is 4.31 Å². The number of hydrogen-bond acceptors (Lipinski definition) is 5. The van der Waals surface area contributed by atoms with Crippen molar-refractivity contribution in [2.75, 3.05) is 33.4 Å². The van der Waals surface area contributed by atoms with E-state index in [1.165, 1.54) is 29.6 Å². The normalized spacial score (nSPS) is 24.7. The van der Waals surface area contributed by atoms with Gasteiger partial charge >= 0.3 is 5.97 Å². The van der Waals surface area contributed by atoms with Crippen molar-refractivity contribution in [3.05, 3.63) is 29.3 Å². The van der Waals surface area contributed by atoms with Gasteiger partial charge in [0.1, 0.15) is 0 Å². The molecule has 2 fully saturated rings. The zero-order chi connectivity index (χ0) is 16.6. The predicted octanol–water partition coefficient (Wildman–Crippen LogP) is 0.798. The molecule has 3 rings (SSSR count). The van der Waals surface area contributed by atoms with Crippen molar-refractivity contribution in [3.63, 3.8) is 0 Å². The molecule has 0 aliphatic carbocycles. The first kappa shape index (κ1) is 16.4. The van der Waals surface area contributed by atoms with Crippen LogP contribution in [0.25, 0.3) is 0 Å². The Bertz CT molecular complexity index is 705. The lowest BCUT2D eigenvalue weighted by Gasteiger charge is -2.18. The van der Waals surface area contributed by atoms with Gasteiger partial charge in [-0.15, -0.1) is 0 Å². The van der Waals surface area contributed by atoms with Crippen LogP contribution in [-0.2, 0) is 26.1 Å². The molecule has 126 valence electrons. The Labute approximate surface area is 134 Å². The number of carboxylic acid groups (broad SMARTS) is 1. The fourth-order valence-electron chi connectivity index (χ4n) is 3.17. The first-order valence-electron chi connectivity index (χ1n) is 7.36. The van der Waals surface area contributed by atoms with Gasteiger partial charge in [0.25, 0.3) is 0 Å². The number of carboxylic acids is 1. The SMILES string of the molecule is COCc1cc(C(=O)O)cc(S(=O)(=O)N2C[C@H]3COC[C@H]3C2)c1. The Morgan fingerprint density at radius 1 is 1.30 bits per heavy atom. The van der Waals surface area contributed by atoms with Crippen molar-refractivity contribution < 1.29 is 27.8 Å². The van der Waals surface area contributed by atoms with Crippen molar-refractivity contribution in [2.24, 2.45) is 11.8 Å². The van der Waals surface area contributed by atoms with Gasteiger partial charge in [-0.1, -0.05) is 0 Å². The Hall–Kier alpha value is -1.48. The van der Waals surface area contributed by atoms with Crippen LogP contribution in [0.3, 0.4) is 0 Å². The molecule has 0 bridgehead atoms. The Kier molecular flexibility index (Phi) is 4.41. The summed E-state index contributed by atoms with van der Waals surface area (Å²) < 4.78 is 37.5. The summed E-state index contributed by atoms with van der Waals surface area (Å²) in [5, 5.41) is 9.20. The first-order chi connectivity index (χ1) is 10.9. The largest absolute Gasteiger partial charge is 0.478 e. The smallest absolute Gasteiger partial charge is 0.335 e. The summed E-state index contributed by atoms with van der Waals surface area (Å²) in [7, 11) is -2.24. The third kappa shape index (κ3) is 3.12. The predicted molar refractivity (Wildman–Crippen MR) is 80.7 cm³/mol. The van der Waals surface area contributed by atoms with Crippen LogP contribution >= 0.6 is 0 Å². The second kappa shape index (κ2) is 6.20. The number of methoxy groups -OCH3 is 1. The van der Waals surface area contributed by atoms with E-state index in [9.17, 15) is 18.3 Å². The van der Waals surface area contributed by atoms with Gasteiger partial charge < -0.3 is 14.6 Å². The van der Waals surface area contributed by atoms with E-state index in [1.54, 1.807) is 0 Å². The van der Waals surface area contributed by atoms with E-state index in [-0.39, 0.29) is 28.9 Å². The number of rotatable bonds is 5. The van der Waals surface area contributed by atoms with E-state index in [0.717, 1.165) is 0 Å². The summed E-state index contributed by atoms with van der Waals surface area (Å²) >= 11 is 0. The topological polar surface area (TPSA) is 93.1 Å². The van der Waals surface area contributed by atoms with Gasteiger partial charge in [0, 0.05) is 32.0 Å². The highest BCUT2D eigenvalue weighted by Gasteiger charge is 2.42. The number of sulfonamides is 1. The summed E-state index contributed by atoms with van der Waals surface area (Å²) in [6.07, 6.45) is 0. The van der Waals surface area contributed by atoms with Gasteiger partial charge in [-0.25, -0.2) is 13.2 Å². The minimum Gasteiger partial charge on any atom is -0.478 e. The van der Waals surface area contributed by atoms with Crippen LogP contribution in [0.5, 0.6) is 0 Å². The maximum Gasteiger partial charge on any atom is 0.335 e. The number of carbonyl (C=O) groups is 1. The summed E-state index contributed by atoms with van der Waals surface area (Å²) in [5.74, 6) is -0.706. The number of fused-ring (bicyclic) bond motifs is 1. The number of ether oxygens (including phenoxy) is 2. The molecule has 0 spiro atoms. The summed E-state index contributed by atoms with van der Waals surface area (Å²) in [6.45, 7) is 2.16. The highest BCUT2D eigenvalue weighted by Crippen LogP contribution is 2.33. The molecule has 2 aliphatic heterocycles. The lowest BCUT2D eigenvalue weighted by molar-refractivity contribution is 0.0696. The van der Waals surface area contributed by atoms with E-state index in [0.29, 0.717) is 31.9 Å². The molecular weight excluding hydrogens is 322 g/mol. The van der Waals surface area contributed by atoms with Crippen LogP contribution in [0.4, 0.5) is 0 Å². The zero-order valence-corrected chi connectivity index (χ0v) is 13.6. The molecular formula is C15H19NO6S. The standard InChI is InChI=1S/C15H19NO6S/c1-21-7-10-2-11(15(17)18)4-14(3-10)23(19,20)16-5-12-8-22-9-13(12)6-16/h2-4,12-13H,5-9H2,1H3,(H,17,18)/t12-,13+. The maximum absolute atomic E-state index is 12.8. The highest BCUT2D eigenvalue weighted by atomic mass is 32.2. The molecule has 0 unspecified atom stereocenters. The second-order valence-electron chi connectivity index (χ2n) is 5.98. The number of hydrogen-bond donors (Lipinski definition) is 1. The fourth-order valence-corrected chi connectivity index (χ4v) is 4.82. The minimum atomic E-state index is -3.72. The van der Waals surface area contributed by atoms with Crippen molar-refractivity contribution >= 4 is 16.0 Å². The van der Waals surface area contributed by atoms with Gasteiger partial charge in [-0.05, 0) is 23.8 Å². The molecule has 8 heteroatoms. The fraction of sp³-hybridized carbons (Fsp3) is 0.533. The molecule has 0 aromatic heterocycles. The molecule has 0 radical (unpaired) electrons. The van der Waals surface area contributed by atoms with E-state index in [1.807, 2.05) is 0 Å². The number of aromatic carboxylic acids is 1. The summed E-state index contributed by atoms with van der Waals surface area (Å²) in [4.78, 5) is 11.3. The van der Waals surface area contributed by atoms with E-state index < -0.39 is 16.0 Å². The highest BCUT2D eigenvalue weighted by molar-refractivity contribution is 7.89. The lowest BCUT2D eigenvalue weighted by atomic mass is 10.0. The number of benzene rings is 1. The third-order valence-corrected chi connectivity index (χ3v) is 6.18. The Balaban J connectivity index is 1.94. The molecule has 2 heterocycles. The Morgan fingerprint density at radius 2 is 1.96 bits per heavy atom. The summed E-state index contributed by atoms with van der Waals surface area (Å²) in [5.41, 5.74) is 0.467. The maximum atomic E-state index is 12.8. The van der Waals surface area contributed by atoms with Crippen LogP contribution in [0.1, 0.15) is 15.9 Å². The van der Waals surface area contributed by atoms with Crippen LogP contribution in [0, 0.1) is 11.8 Å². The third-order valence-electron chi connectivity index (χ3n) is 4.37. The quantitative estimate of drug-likeness (QED) is 0.851. The van der Waals surface area contributed by atoms with Crippen LogP contribution in [-0.4, -0.2) is 57.2 Å². The molecule has 2 saturated heterocycles. The van der Waals surface area contributed by atoms with Crippen LogP contribution in [0.2, 0.25) is 0 Å². The van der Waals surface area contributed by atoms with Gasteiger partial charge in [0.15, 0.2) is 0 Å². The van der Waals surface area contributed by atoms with E-state index in [2.05, 4.69) is 0 Å². The molecule has 7 nitrogen and oxygen atoms in total. The monoisotopic (exact) mass is 341 g/mol.